The van der Waals surface area contributed by atoms with E-state index in [2.05, 4.69) is 57.6 Å². The van der Waals surface area contributed by atoms with Gasteiger partial charge in [0.25, 0.3) is 0 Å². The van der Waals surface area contributed by atoms with E-state index in [9.17, 15) is 0 Å². The normalized spacial score (nSPS) is 17.4. The number of hydrogen-bond acceptors (Lipinski definition) is 3. The van der Waals surface area contributed by atoms with Gasteiger partial charge in [0, 0.05) is 17.2 Å². The summed E-state index contributed by atoms with van der Waals surface area (Å²) >= 11 is 5.51. The van der Waals surface area contributed by atoms with Crippen molar-refractivity contribution in [2.24, 2.45) is 0 Å². The Hall–Kier alpha value is -1.13. The van der Waals surface area contributed by atoms with Crippen molar-refractivity contribution in [3.63, 3.8) is 0 Å². The monoisotopic (exact) mass is 349 g/mol. The number of rotatable bonds is 3. The van der Waals surface area contributed by atoms with E-state index >= 15 is 0 Å². The molecule has 1 atom stereocenters. The standard InChI is InChI=1S/C16H16BrNOS/c1-19-16-7-6-12(8-14(16)17)18-15-10-20-9-11-4-2-3-5-13(11)15/h2-8,15,18H,9-10H2,1H3. The zero-order chi connectivity index (χ0) is 13.9. The fraction of sp³-hybridized carbons (Fsp3) is 0.250. The summed E-state index contributed by atoms with van der Waals surface area (Å²) in [7, 11) is 1.68. The summed E-state index contributed by atoms with van der Waals surface area (Å²) in [6.45, 7) is 0. The minimum absolute atomic E-state index is 0.366. The molecule has 0 saturated heterocycles. The van der Waals surface area contributed by atoms with Gasteiger partial charge >= 0.3 is 0 Å². The SMILES string of the molecule is COc1ccc(NC2CSCc3ccccc32)cc1Br. The zero-order valence-electron chi connectivity index (χ0n) is 11.2. The number of ether oxygens (including phenoxy) is 1. The third-order valence-corrected chi connectivity index (χ3v) is 5.17. The Morgan fingerprint density at radius 1 is 1.25 bits per heavy atom. The van der Waals surface area contributed by atoms with Crippen molar-refractivity contribution >= 4 is 33.4 Å². The van der Waals surface area contributed by atoms with Crippen LogP contribution >= 0.6 is 27.7 Å². The van der Waals surface area contributed by atoms with Crippen molar-refractivity contribution in [3.8, 4) is 5.75 Å². The number of hydrogen-bond donors (Lipinski definition) is 1. The number of anilines is 1. The fourth-order valence-electron chi connectivity index (χ4n) is 2.46. The molecule has 4 heteroatoms. The van der Waals surface area contributed by atoms with Crippen molar-refractivity contribution in [3.05, 3.63) is 58.1 Å². The molecule has 2 nitrogen and oxygen atoms in total. The Balaban J connectivity index is 1.84. The molecule has 2 aromatic rings. The summed E-state index contributed by atoms with van der Waals surface area (Å²) in [5.41, 5.74) is 3.96. The van der Waals surface area contributed by atoms with Gasteiger partial charge in [0.15, 0.2) is 0 Å². The topological polar surface area (TPSA) is 21.3 Å². The third kappa shape index (κ3) is 2.81. The van der Waals surface area contributed by atoms with Gasteiger partial charge in [-0.05, 0) is 45.3 Å². The Bertz CT molecular complexity index is 617. The smallest absolute Gasteiger partial charge is 0.133 e. The second-order valence-corrected chi connectivity index (χ2v) is 6.64. The van der Waals surface area contributed by atoms with Crippen LogP contribution in [0.25, 0.3) is 0 Å². The molecular formula is C16H16BrNOS. The lowest BCUT2D eigenvalue weighted by Crippen LogP contribution is -2.18. The first-order valence-corrected chi connectivity index (χ1v) is 8.48. The molecule has 2 aromatic carbocycles. The van der Waals surface area contributed by atoms with Crippen LogP contribution in [-0.2, 0) is 5.75 Å². The molecule has 0 radical (unpaired) electrons. The Morgan fingerprint density at radius 3 is 2.90 bits per heavy atom. The molecule has 3 rings (SSSR count). The molecule has 1 aliphatic rings. The number of benzene rings is 2. The predicted molar refractivity (Wildman–Crippen MR) is 89.7 cm³/mol. The molecule has 104 valence electrons. The first-order valence-electron chi connectivity index (χ1n) is 6.53. The molecule has 0 amide bonds. The minimum Gasteiger partial charge on any atom is -0.496 e. The quantitative estimate of drug-likeness (QED) is 0.854. The predicted octanol–water partition coefficient (Wildman–Crippen LogP) is 4.86. The number of fused-ring (bicyclic) bond motifs is 1. The van der Waals surface area contributed by atoms with Crippen LogP contribution in [0.4, 0.5) is 5.69 Å². The summed E-state index contributed by atoms with van der Waals surface area (Å²) in [6, 6.07) is 15.2. The van der Waals surface area contributed by atoms with Crippen LogP contribution in [0.3, 0.4) is 0 Å². The molecule has 1 N–H and O–H groups in total. The molecule has 0 spiro atoms. The lowest BCUT2D eigenvalue weighted by molar-refractivity contribution is 0.412. The van der Waals surface area contributed by atoms with Crippen LogP contribution in [0.2, 0.25) is 0 Å². The second kappa shape index (κ2) is 6.10. The van der Waals surface area contributed by atoms with Crippen LogP contribution in [-0.4, -0.2) is 12.9 Å². The molecule has 1 aliphatic heterocycles. The van der Waals surface area contributed by atoms with Crippen molar-refractivity contribution in [1.82, 2.24) is 0 Å². The van der Waals surface area contributed by atoms with Gasteiger partial charge < -0.3 is 10.1 Å². The molecule has 0 aliphatic carbocycles. The first-order chi connectivity index (χ1) is 9.78. The van der Waals surface area contributed by atoms with Gasteiger partial charge in [0.1, 0.15) is 5.75 Å². The molecule has 0 fully saturated rings. The number of methoxy groups -OCH3 is 1. The highest BCUT2D eigenvalue weighted by molar-refractivity contribution is 9.10. The van der Waals surface area contributed by atoms with E-state index in [4.69, 9.17) is 4.74 Å². The summed E-state index contributed by atoms with van der Waals surface area (Å²) in [4.78, 5) is 0. The van der Waals surface area contributed by atoms with Gasteiger partial charge in [-0.25, -0.2) is 0 Å². The fourth-order valence-corrected chi connectivity index (χ4v) is 4.10. The first kappa shape index (κ1) is 13.8. The second-order valence-electron chi connectivity index (χ2n) is 4.76. The van der Waals surface area contributed by atoms with Crippen molar-refractivity contribution in [1.29, 1.82) is 0 Å². The van der Waals surface area contributed by atoms with Crippen LogP contribution in [0, 0.1) is 0 Å². The minimum atomic E-state index is 0.366. The molecule has 0 aromatic heterocycles. The summed E-state index contributed by atoms with van der Waals surface area (Å²) in [5.74, 6) is 3.07. The van der Waals surface area contributed by atoms with E-state index in [1.54, 1.807) is 7.11 Å². The zero-order valence-corrected chi connectivity index (χ0v) is 13.6. The number of halogens is 1. The number of nitrogens with one attached hydrogen (secondary N) is 1. The van der Waals surface area contributed by atoms with Gasteiger partial charge in [0.05, 0.1) is 17.6 Å². The van der Waals surface area contributed by atoms with E-state index in [0.29, 0.717) is 6.04 Å². The molecule has 0 saturated carbocycles. The summed E-state index contributed by atoms with van der Waals surface area (Å²) in [6.07, 6.45) is 0. The Morgan fingerprint density at radius 2 is 2.10 bits per heavy atom. The highest BCUT2D eigenvalue weighted by atomic mass is 79.9. The summed E-state index contributed by atoms with van der Waals surface area (Å²) in [5, 5.41) is 3.62. The lowest BCUT2D eigenvalue weighted by atomic mass is 10.0. The molecular weight excluding hydrogens is 334 g/mol. The van der Waals surface area contributed by atoms with Crippen molar-refractivity contribution in [2.75, 3.05) is 18.2 Å². The Kier molecular flexibility index (Phi) is 4.22. The van der Waals surface area contributed by atoms with E-state index in [0.717, 1.165) is 27.4 Å². The lowest BCUT2D eigenvalue weighted by Gasteiger charge is -2.27. The Labute approximate surface area is 132 Å². The van der Waals surface area contributed by atoms with Gasteiger partial charge in [0.2, 0.25) is 0 Å². The van der Waals surface area contributed by atoms with Crippen molar-refractivity contribution in [2.45, 2.75) is 11.8 Å². The molecule has 0 bridgehead atoms. The number of thioether (sulfide) groups is 1. The van der Waals surface area contributed by atoms with Gasteiger partial charge in [-0.1, -0.05) is 24.3 Å². The highest BCUT2D eigenvalue weighted by Crippen LogP contribution is 2.35. The van der Waals surface area contributed by atoms with Crippen LogP contribution < -0.4 is 10.1 Å². The maximum Gasteiger partial charge on any atom is 0.133 e. The largest absolute Gasteiger partial charge is 0.496 e. The summed E-state index contributed by atoms with van der Waals surface area (Å²) < 4.78 is 6.24. The average Bonchev–Trinajstić information content (AvgIpc) is 2.48. The van der Waals surface area contributed by atoms with Gasteiger partial charge in [-0.3, -0.25) is 0 Å². The molecule has 1 heterocycles. The van der Waals surface area contributed by atoms with Crippen molar-refractivity contribution < 1.29 is 4.74 Å². The maximum atomic E-state index is 5.27. The molecule has 20 heavy (non-hydrogen) atoms. The van der Waals surface area contributed by atoms with E-state index < -0.39 is 0 Å². The third-order valence-electron chi connectivity index (χ3n) is 3.47. The maximum absolute atomic E-state index is 5.27. The van der Waals surface area contributed by atoms with Crippen LogP contribution in [0.1, 0.15) is 17.2 Å². The van der Waals surface area contributed by atoms with E-state index in [-0.39, 0.29) is 0 Å². The van der Waals surface area contributed by atoms with E-state index in [1.807, 2.05) is 17.8 Å². The van der Waals surface area contributed by atoms with Gasteiger partial charge in [-0.15, -0.1) is 0 Å². The van der Waals surface area contributed by atoms with E-state index in [1.165, 1.54) is 11.1 Å². The highest BCUT2D eigenvalue weighted by Gasteiger charge is 2.20. The van der Waals surface area contributed by atoms with Crippen LogP contribution in [0.5, 0.6) is 5.75 Å². The van der Waals surface area contributed by atoms with Crippen LogP contribution in [0.15, 0.2) is 46.9 Å². The molecule has 1 unspecified atom stereocenters. The van der Waals surface area contributed by atoms with Gasteiger partial charge in [-0.2, -0.15) is 11.8 Å². The average molecular weight is 350 g/mol.